The van der Waals surface area contributed by atoms with E-state index < -0.39 is 5.91 Å². The Balaban J connectivity index is 2.59. The minimum atomic E-state index is -0.428. The molecule has 1 aromatic carbocycles. The van der Waals surface area contributed by atoms with Gasteiger partial charge in [0.25, 0.3) is 5.91 Å². The van der Waals surface area contributed by atoms with Crippen molar-refractivity contribution >= 4 is 16.8 Å². The predicted molar refractivity (Wildman–Crippen MR) is 58.5 cm³/mol. The van der Waals surface area contributed by atoms with E-state index in [1.165, 1.54) is 0 Å². The van der Waals surface area contributed by atoms with Crippen molar-refractivity contribution in [1.29, 1.82) is 0 Å². The van der Waals surface area contributed by atoms with E-state index in [9.17, 15) is 4.79 Å². The van der Waals surface area contributed by atoms with Crippen molar-refractivity contribution < 1.29 is 4.79 Å². The highest BCUT2D eigenvalue weighted by Crippen LogP contribution is 2.16. The minimum Gasteiger partial charge on any atom is -0.366 e. The number of nitrogens with two attached hydrogens (primary N) is 1. The van der Waals surface area contributed by atoms with E-state index in [2.05, 4.69) is 12.0 Å². The van der Waals surface area contributed by atoms with Gasteiger partial charge in [0.05, 0.1) is 5.56 Å². The molecule has 4 nitrogen and oxygen atoms in total. The van der Waals surface area contributed by atoms with Crippen LogP contribution in [0.1, 0.15) is 23.7 Å². The van der Waals surface area contributed by atoms with Gasteiger partial charge in [-0.2, -0.15) is 5.10 Å². The lowest BCUT2D eigenvalue weighted by Crippen LogP contribution is -2.11. The monoisotopic (exact) mass is 203 g/mol. The molecule has 0 spiro atoms. The first kappa shape index (κ1) is 9.71. The maximum Gasteiger partial charge on any atom is 0.250 e. The van der Waals surface area contributed by atoms with Crippen LogP contribution in [0.3, 0.4) is 0 Å². The zero-order valence-electron chi connectivity index (χ0n) is 8.60. The number of fused-ring (bicyclic) bond motifs is 1. The number of hydrogen-bond donors (Lipinski definition) is 1. The number of aromatic nitrogens is 2. The molecule has 2 rings (SSSR count). The number of primary amides is 1. The Morgan fingerprint density at radius 1 is 1.53 bits per heavy atom. The fourth-order valence-electron chi connectivity index (χ4n) is 1.64. The summed E-state index contributed by atoms with van der Waals surface area (Å²) in [6.07, 6.45) is 2.95. The highest BCUT2D eigenvalue weighted by molar-refractivity contribution is 6.04. The topological polar surface area (TPSA) is 60.9 Å². The van der Waals surface area contributed by atoms with Gasteiger partial charge in [0.2, 0.25) is 0 Å². The molecular weight excluding hydrogens is 190 g/mol. The first-order chi connectivity index (χ1) is 7.22. The molecule has 2 aromatic rings. The minimum absolute atomic E-state index is 0.428. The van der Waals surface area contributed by atoms with Gasteiger partial charge in [0.1, 0.15) is 5.52 Å². The van der Waals surface area contributed by atoms with Crippen LogP contribution in [0.2, 0.25) is 0 Å². The van der Waals surface area contributed by atoms with Crippen LogP contribution in [-0.2, 0) is 6.54 Å². The molecule has 78 valence electrons. The van der Waals surface area contributed by atoms with E-state index in [-0.39, 0.29) is 0 Å². The van der Waals surface area contributed by atoms with Gasteiger partial charge in [-0.05, 0) is 12.5 Å². The van der Waals surface area contributed by atoms with E-state index >= 15 is 0 Å². The van der Waals surface area contributed by atoms with Crippen molar-refractivity contribution in [1.82, 2.24) is 9.78 Å². The molecule has 0 aliphatic heterocycles. The summed E-state index contributed by atoms with van der Waals surface area (Å²) in [4.78, 5) is 11.2. The number of aryl methyl sites for hydroxylation is 1. The third-order valence-corrected chi connectivity index (χ3v) is 2.30. The Morgan fingerprint density at radius 3 is 3.00 bits per heavy atom. The third-order valence-electron chi connectivity index (χ3n) is 2.30. The van der Waals surface area contributed by atoms with Gasteiger partial charge in [-0.15, -0.1) is 0 Å². The summed E-state index contributed by atoms with van der Waals surface area (Å²) in [5.74, 6) is -0.428. The summed E-state index contributed by atoms with van der Waals surface area (Å²) < 4.78 is 1.84. The van der Waals surface area contributed by atoms with Crippen molar-refractivity contribution in [2.75, 3.05) is 0 Å². The number of rotatable bonds is 3. The van der Waals surface area contributed by atoms with Crippen molar-refractivity contribution in [3.63, 3.8) is 0 Å². The lowest BCUT2D eigenvalue weighted by molar-refractivity contribution is 0.100. The van der Waals surface area contributed by atoms with Gasteiger partial charge < -0.3 is 5.73 Å². The van der Waals surface area contributed by atoms with Crippen LogP contribution >= 0.6 is 0 Å². The fourth-order valence-corrected chi connectivity index (χ4v) is 1.64. The number of nitrogens with zero attached hydrogens (tertiary/aromatic N) is 2. The molecule has 2 N–H and O–H groups in total. The summed E-state index contributed by atoms with van der Waals surface area (Å²) in [6, 6.07) is 5.45. The number of hydrogen-bond acceptors (Lipinski definition) is 2. The molecular formula is C11H13N3O. The summed E-state index contributed by atoms with van der Waals surface area (Å²) in [7, 11) is 0. The number of benzene rings is 1. The zero-order valence-corrected chi connectivity index (χ0v) is 8.60. The first-order valence-electron chi connectivity index (χ1n) is 4.98. The van der Waals surface area contributed by atoms with E-state index in [1.807, 2.05) is 23.0 Å². The van der Waals surface area contributed by atoms with E-state index in [1.54, 1.807) is 6.07 Å². The Labute approximate surface area is 87.7 Å². The molecule has 15 heavy (non-hydrogen) atoms. The second-order valence-electron chi connectivity index (χ2n) is 3.50. The van der Waals surface area contributed by atoms with Crippen molar-refractivity contribution in [3.8, 4) is 0 Å². The molecule has 0 unspecified atom stereocenters. The van der Waals surface area contributed by atoms with E-state index in [0.29, 0.717) is 11.1 Å². The third kappa shape index (κ3) is 1.70. The van der Waals surface area contributed by atoms with Crippen LogP contribution in [-0.4, -0.2) is 15.7 Å². The SMILES string of the molecule is CCCn1cc2cccc(C(N)=O)c2n1. The highest BCUT2D eigenvalue weighted by Gasteiger charge is 2.09. The Bertz CT molecular complexity index is 502. The van der Waals surface area contributed by atoms with Crippen LogP contribution in [0.25, 0.3) is 10.9 Å². The normalized spacial score (nSPS) is 10.7. The van der Waals surface area contributed by atoms with Crippen LogP contribution in [0.15, 0.2) is 24.4 Å². The largest absolute Gasteiger partial charge is 0.366 e. The highest BCUT2D eigenvalue weighted by atomic mass is 16.1. The molecule has 0 saturated heterocycles. The van der Waals surface area contributed by atoms with Crippen LogP contribution in [0.4, 0.5) is 0 Å². The molecule has 0 aliphatic carbocycles. The van der Waals surface area contributed by atoms with Gasteiger partial charge in [-0.25, -0.2) is 0 Å². The average molecular weight is 203 g/mol. The summed E-state index contributed by atoms with van der Waals surface area (Å²) in [6.45, 7) is 2.94. The Hall–Kier alpha value is -1.84. The number of carbonyl (C=O) groups is 1. The van der Waals surface area contributed by atoms with E-state index in [0.717, 1.165) is 18.4 Å². The maximum atomic E-state index is 11.2. The van der Waals surface area contributed by atoms with Crippen molar-refractivity contribution in [2.45, 2.75) is 19.9 Å². The fraction of sp³-hybridized carbons (Fsp3) is 0.273. The predicted octanol–water partition coefficient (Wildman–Crippen LogP) is 1.55. The van der Waals surface area contributed by atoms with E-state index in [4.69, 9.17) is 5.73 Å². The van der Waals surface area contributed by atoms with Crippen molar-refractivity contribution in [2.24, 2.45) is 5.73 Å². The van der Waals surface area contributed by atoms with Gasteiger partial charge >= 0.3 is 0 Å². The zero-order chi connectivity index (χ0) is 10.8. The quantitative estimate of drug-likeness (QED) is 0.822. The molecule has 0 radical (unpaired) electrons. The van der Waals surface area contributed by atoms with Gasteiger partial charge in [0.15, 0.2) is 0 Å². The summed E-state index contributed by atoms with van der Waals surface area (Å²) in [5, 5.41) is 5.30. The summed E-state index contributed by atoms with van der Waals surface area (Å²) >= 11 is 0. The van der Waals surface area contributed by atoms with Crippen LogP contribution in [0, 0.1) is 0 Å². The molecule has 1 heterocycles. The molecule has 0 atom stereocenters. The molecule has 0 bridgehead atoms. The van der Waals surface area contributed by atoms with Gasteiger partial charge in [-0.3, -0.25) is 9.48 Å². The molecule has 0 fully saturated rings. The second-order valence-corrected chi connectivity index (χ2v) is 3.50. The Kier molecular flexibility index (Phi) is 2.41. The maximum absolute atomic E-state index is 11.2. The Morgan fingerprint density at radius 2 is 2.33 bits per heavy atom. The first-order valence-corrected chi connectivity index (χ1v) is 4.98. The molecule has 1 aromatic heterocycles. The van der Waals surface area contributed by atoms with Gasteiger partial charge in [0, 0.05) is 18.1 Å². The number of amides is 1. The molecule has 1 amide bonds. The van der Waals surface area contributed by atoms with Gasteiger partial charge in [-0.1, -0.05) is 19.1 Å². The van der Waals surface area contributed by atoms with Crippen molar-refractivity contribution in [3.05, 3.63) is 30.0 Å². The standard InChI is InChI=1S/C11H13N3O/c1-2-6-14-7-8-4-3-5-9(11(12)15)10(8)13-14/h3-5,7H,2,6H2,1H3,(H2,12,15). The molecule has 0 saturated carbocycles. The second kappa shape index (κ2) is 3.73. The molecule has 4 heteroatoms. The lowest BCUT2D eigenvalue weighted by atomic mass is 10.1. The van der Waals surface area contributed by atoms with Crippen LogP contribution < -0.4 is 5.73 Å². The van der Waals surface area contributed by atoms with Crippen LogP contribution in [0.5, 0.6) is 0 Å². The summed E-state index contributed by atoms with van der Waals surface area (Å²) in [5.41, 5.74) is 6.46. The molecule has 0 aliphatic rings. The number of carbonyl (C=O) groups excluding carboxylic acids is 1. The smallest absolute Gasteiger partial charge is 0.250 e. The average Bonchev–Trinajstić information content (AvgIpc) is 2.59. The lowest BCUT2D eigenvalue weighted by Gasteiger charge is -1.96.